The van der Waals surface area contributed by atoms with Crippen LogP contribution in [0.2, 0.25) is 6.55 Å². The summed E-state index contributed by atoms with van der Waals surface area (Å²) in [6.07, 6.45) is 3.57. The molecule has 0 aromatic rings. The maximum atomic E-state index is 6.14. The highest BCUT2D eigenvalue weighted by molar-refractivity contribution is 6.71. The van der Waals surface area contributed by atoms with E-state index in [9.17, 15) is 0 Å². The molecule has 0 saturated heterocycles. The largest absolute Gasteiger partial charge is 0.391 e. The Bertz CT molecular complexity index is 194. The monoisotopic (exact) mass is 244 g/mol. The highest BCUT2D eigenvalue weighted by atomic mass is 28.4. The van der Waals surface area contributed by atoms with Crippen molar-refractivity contribution in [3.05, 3.63) is 12.3 Å². The molecule has 0 rings (SSSR count). The Morgan fingerprint density at radius 2 is 1.94 bits per heavy atom. The average molecular weight is 244 g/mol. The van der Waals surface area contributed by atoms with Crippen LogP contribution in [0, 0.1) is 5.92 Å². The van der Waals surface area contributed by atoms with Crippen LogP contribution in [0.5, 0.6) is 0 Å². The van der Waals surface area contributed by atoms with E-state index in [1.807, 2.05) is 5.70 Å². The van der Waals surface area contributed by atoms with Crippen LogP contribution in [0.4, 0.5) is 0 Å². The fourth-order valence-corrected chi connectivity index (χ4v) is 3.42. The lowest BCUT2D eigenvalue weighted by Crippen LogP contribution is -2.42. The van der Waals surface area contributed by atoms with Crippen molar-refractivity contribution in [3.63, 3.8) is 0 Å². The van der Waals surface area contributed by atoms with Gasteiger partial charge in [-0.3, -0.25) is 0 Å². The minimum Gasteiger partial charge on any atom is -0.391 e. The summed E-state index contributed by atoms with van der Waals surface area (Å²) in [6.45, 7) is 15.5. The van der Waals surface area contributed by atoms with Crippen molar-refractivity contribution in [1.82, 2.24) is 0 Å². The molecule has 0 aliphatic heterocycles. The maximum absolute atomic E-state index is 6.14. The topological polar surface area (TPSA) is 18.5 Å². The van der Waals surface area contributed by atoms with Gasteiger partial charge in [0.1, 0.15) is 0 Å². The Kier molecular flexibility index (Phi) is 7.98. The molecule has 0 fully saturated rings. The van der Waals surface area contributed by atoms with E-state index < -0.39 is 8.56 Å². The molecule has 0 N–H and O–H groups in total. The molecule has 0 aromatic carbocycles. The van der Waals surface area contributed by atoms with Crippen molar-refractivity contribution < 1.29 is 8.85 Å². The van der Waals surface area contributed by atoms with Gasteiger partial charge in [-0.1, -0.05) is 34.1 Å². The Labute approximate surface area is 102 Å². The third kappa shape index (κ3) is 5.82. The van der Waals surface area contributed by atoms with Crippen LogP contribution in [0.3, 0.4) is 0 Å². The predicted molar refractivity (Wildman–Crippen MR) is 72.7 cm³/mol. The zero-order valence-electron chi connectivity index (χ0n) is 11.6. The molecule has 0 aliphatic carbocycles. The van der Waals surface area contributed by atoms with Crippen LogP contribution in [-0.4, -0.2) is 21.3 Å². The second-order valence-corrected chi connectivity index (χ2v) is 7.70. The minimum absolute atomic E-state index is 0.288. The van der Waals surface area contributed by atoms with Crippen LogP contribution < -0.4 is 0 Å². The SMILES string of the molecule is C=C[Si](C)(OCCCC)OC(CC)C(C)C. The van der Waals surface area contributed by atoms with Gasteiger partial charge in [-0.05, 0) is 31.0 Å². The minimum atomic E-state index is -2.14. The first-order valence-electron chi connectivity index (χ1n) is 6.44. The molecule has 0 aliphatic rings. The lowest BCUT2D eigenvalue weighted by atomic mass is 10.1. The number of hydrogen-bond donors (Lipinski definition) is 0. The molecule has 16 heavy (non-hydrogen) atoms. The molecule has 0 aromatic heterocycles. The van der Waals surface area contributed by atoms with Gasteiger partial charge in [0.15, 0.2) is 0 Å². The molecule has 2 atom stereocenters. The van der Waals surface area contributed by atoms with Crippen LogP contribution in [0.1, 0.15) is 47.0 Å². The molecule has 0 radical (unpaired) electrons. The fourth-order valence-electron chi connectivity index (χ4n) is 1.55. The van der Waals surface area contributed by atoms with Crippen LogP contribution in [0.15, 0.2) is 12.3 Å². The van der Waals surface area contributed by atoms with Crippen molar-refractivity contribution in [2.75, 3.05) is 6.61 Å². The summed E-state index contributed by atoms with van der Waals surface area (Å²) in [5.74, 6) is 0.534. The van der Waals surface area contributed by atoms with E-state index in [4.69, 9.17) is 8.85 Å². The zero-order chi connectivity index (χ0) is 12.6. The van der Waals surface area contributed by atoms with Gasteiger partial charge in [-0.25, -0.2) is 0 Å². The van der Waals surface area contributed by atoms with Gasteiger partial charge in [0.25, 0.3) is 0 Å². The Balaban J connectivity index is 4.27. The van der Waals surface area contributed by atoms with E-state index in [2.05, 4.69) is 40.8 Å². The van der Waals surface area contributed by atoms with Crippen LogP contribution in [0.25, 0.3) is 0 Å². The molecule has 96 valence electrons. The first-order valence-corrected chi connectivity index (χ1v) is 8.83. The van der Waals surface area contributed by atoms with Crippen molar-refractivity contribution in [2.45, 2.75) is 59.6 Å². The number of hydrogen-bond acceptors (Lipinski definition) is 2. The van der Waals surface area contributed by atoms with Crippen molar-refractivity contribution in [2.24, 2.45) is 5.92 Å². The molecule has 2 unspecified atom stereocenters. The molecule has 0 saturated carbocycles. The summed E-state index contributed by atoms with van der Waals surface area (Å²) < 4.78 is 12.0. The first-order chi connectivity index (χ1) is 7.49. The van der Waals surface area contributed by atoms with Crippen molar-refractivity contribution >= 4 is 8.56 Å². The van der Waals surface area contributed by atoms with Gasteiger partial charge >= 0.3 is 8.56 Å². The van der Waals surface area contributed by atoms with Gasteiger partial charge in [0.2, 0.25) is 0 Å². The van der Waals surface area contributed by atoms with Gasteiger partial charge in [-0.2, -0.15) is 0 Å². The Hall–Kier alpha value is -0.123. The highest BCUT2D eigenvalue weighted by Crippen LogP contribution is 2.19. The van der Waals surface area contributed by atoms with E-state index in [-0.39, 0.29) is 6.10 Å². The summed E-state index contributed by atoms with van der Waals surface area (Å²) in [5, 5.41) is 0. The highest BCUT2D eigenvalue weighted by Gasteiger charge is 2.31. The molecule has 0 heterocycles. The number of unbranched alkanes of at least 4 members (excludes halogenated alkanes) is 1. The molecule has 0 amide bonds. The smallest absolute Gasteiger partial charge is 0.361 e. The van der Waals surface area contributed by atoms with Gasteiger partial charge < -0.3 is 8.85 Å². The Morgan fingerprint density at radius 1 is 1.31 bits per heavy atom. The van der Waals surface area contributed by atoms with E-state index >= 15 is 0 Å². The standard InChI is InChI=1S/C13H28O2Si/c1-7-10-11-14-16(6,9-3)15-13(8-2)12(4)5/h9,12-13H,3,7-8,10-11H2,1-2,4-6H3. The van der Waals surface area contributed by atoms with Gasteiger partial charge in [0, 0.05) is 12.7 Å². The summed E-state index contributed by atoms with van der Waals surface area (Å²) >= 11 is 0. The van der Waals surface area contributed by atoms with E-state index in [0.29, 0.717) is 5.92 Å². The first kappa shape index (κ1) is 15.9. The third-order valence-electron chi connectivity index (χ3n) is 2.79. The second-order valence-electron chi connectivity index (χ2n) is 4.73. The maximum Gasteiger partial charge on any atom is 0.361 e. The molecule has 0 bridgehead atoms. The fraction of sp³-hybridized carbons (Fsp3) is 0.846. The average Bonchev–Trinajstić information content (AvgIpc) is 2.26. The third-order valence-corrected chi connectivity index (χ3v) is 5.08. The van der Waals surface area contributed by atoms with Gasteiger partial charge in [0.05, 0.1) is 0 Å². The number of rotatable bonds is 9. The lowest BCUT2D eigenvalue weighted by molar-refractivity contribution is 0.0890. The van der Waals surface area contributed by atoms with Crippen molar-refractivity contribution in [1.29, 1.82) is 0 Å². The van der Waals surface area contributed by atoms with Gasteiger partial charge in [-0.15, -0.1) is 6.58 Å². The summed E-state index contributed by atoms with van der Waals surface area (Å²) in [7, 11) is -2.14. The molecule has 3 heteroatoms. The summed E-state index contributed by atoms with van der Waals surface area (Å²) in [4.78, 5) is 0. The molecule has 0 spiro atoms. The summed E-state index contributed by atoms with van der Waals surface area (Å²) in [5.41, 5.74) is 1.90. The van der Waals surface area contributed by atoms with Crippen LogP contribution in [-0.2, 0) is 8.85 Å². The predicted octanol–water partition coefficient (Wildman–Crippen LogP) is 4.05. The zero-order valence-corrected chi connectivity index (χ0v) is 12.6. The Morgan fingerprint density at radius 3 is 2.31 bits per heavy atom. The van der Waals surface area contributed by atoms with Crippen molar-refractivity contribution in [3.8, 4) is 0 Å². The summed E-state index contributed by atoms with van der Waals surface area (Å²) in [6, 6.07) is 0. The van der Waals surface area contributed by atoms with E-state index in [0.717, 1.165) is 25.9 Å². The van der Waals surface area contributed by atoms with E-state index in [1.54, 1.807) is 0 Å². The van der Waals surface area contributed by atoms with E-state index in [1.165, 1.54) is 0 Å². The lowest BCUT2D eigenvalue weighted by Gasteiger charge is -2.31. The molecular weight excluding hydrogens is 216 g/mol. The normalized spacial score (nSPS) is 17.1. The molecular formula is C13H28O2Si. The molecule has 2 nitrogen and oxygen atoms in total. The quantitative estimate of drug-likeness (QED) is 0.450. The van der Waals surface area contributed by atoms with Crippen LogP contribution >= 0.6 is 0 Å². The second kappa shape index (κ2) is 8.04.